The number of rotatable bonds is 5. The summed E-state index contributed by atoms with van der Waals surface area (Å²) in [5.41, 5.74) is 2.08. The van der Waals surface area contributed by atoms with Gasteiger partial charge in [0.1, 0.15) is 0 Å². The molecule has 0 spiro atoms. The Morgan fingerprint density at radius 3 is 2.78 bits per heavy atom. The van der Waals surface area contributed by atoms with Gasteiger partial charge in [0, 0.05) is 15.4 Å². The van der Waals surface area contributed by atoms with Crippen LogP contribution in [-0.2, 0) is 0 Å². The molecule has 0 N–H and O–H groups in total. The Labute approximate surface area is 151 Å². The van der Waals surface area contributed by atoms with Crippen LogP contribution in [0.15, 0.2) is 74.4 Å². The van der Waals surface area contributed by atoms with Gasteiger partial charge in [-0.15, -0.1) is 29.3 Å². The summed E-state index contributed by atoms with van der Waals surface area (Å²) < 4.78 is 2.90. The van der Waals surface area contributed by atoms with E-state index in [1.807, 2.05) is 41.2 Å². The average Bonchev–Trinajstić information content (AvgIpc) is 3.21. The van der Waals surface area contributed by atoms with Crippen LogP contribution in [0, 0.1) is 0 Å². The van der Waals surface area contributed by atoms with Crippen molar-refractivity contribution in [3.8, 4) is 10.6 Å². The van der Waals surface area contributed by atoms with Crippen LogP contribution < -0.4 is 4.80 Å². The van der Waals surface area contributed by atoms with E-state index in [9.17, 15) is 0 Å². The zero-order valence-electron chi connectivity index (χ0n) is 12.2. The van der Waals surface area contributed by atoms with Crippen molar-refractivity contribution in [2.75, 3.05) is 6.54 Å². The van der Waals surface area contributed by atoms with Crippen LogP contribution in [0.5, 0.6) is 0 Å². The van der Waals surface area contributed by atoms with Gasteiger partial charge in [-0.3, -0.25) is 4.99 Å². The first-order valence-corrected chi connectivity index (χ1v) is 9.49. The molecule has 2 heterocycles. The maximum Gasteiger partial charge on any atom is 0.206 e. The predicted molar refractivity (Wildman–Crippen MR) is 103 cm³/mol. The van der Waals surface area contributed by atoms with Crippen LogP contribution >= 0.6 is 38.6 Å². The molecular formula is C17H14BrN3S2. The lowest BCUT2D eigenvalue weighted by Crippen LogP contribution is -2.12. The predicted octanol–water partition coefficient (Wildman–Crippen LogP) is 5.01. The minimum Gasteiger partial charge on any atom is -0.253 e. The third-order valence-corrected chi connectivity index (χ3v) is 5.50. The monoisotopic (exact) mass is 403 g/mol. The van der Waals surface area contributed by atoms with E-state index in [1.54, 1.807) is 28.7 Å². The maximum atomic E-state index is 4.66. The van der Waals surface area contributed by atoms with E-state index in [4.69, 9.17) is 0 Å². The van der Waals surface area contributed by atoms with E-state index in [2.05, 4.69) is 49.4 Å². The van der Waals surface area contributed by atoms with E-state index in [1.165, 1.54) is 4.88 Å². The summed E-state index contributed by atoms with van der Waals surface area (Å²) in [6.45, 7) is 4.30. The van der Waals surface area contributed by atoms with Crippen molar-refractivity contribution in [1.29, 1.82) is 0 Å². The zero-order chi connectivity index (χ0) is 16.1. The fourth-order valence-electron chi connectivity index (χ4n) is 1.96. The summed E-state index contributed by atoms with van der Waals surface area (Å²) in [5, 5.41) is 8.81. The second kappa shape index (κ2) is 7.68. The van der Waals surface area contributed by atoms with Gasteiger partial charge in [-0.25, -0.2) is 4.68 Å². The number of thiazole rings is 1. The average molecular weight is 404 g/mol. The molecule has 0 aliphatic rings. The highest BCUT2D eigenvalue weighted by atomic mass is 79.9. The minimum atomic E-state index is 0.578. The number of hydrogen-bond donors (Lipinski definition) is 0. The molecule has 23 heavy (non-hydrogen) atoms. The Morgan fingerprint density at radius 1 is 1.17 bits per heavy atom. The van der Waals surface area contributed by atoms with Crippen molar-refractivity contribution in [2.24, 2.45) is 10.1 Å². The van der Waals surface area contributed by atoms with Crippen LogP contribution in [0.1, 0.15) is 5.56 Å². The Morgan fingerprint density at radius 2 is 2.04 bits per heavy atom. The van der Waals surface area contributed by atoms with Crippen LogP contribution in [-0.4, -0.2) is 17.4 Å². The molecule has 0 fully saturated rings. The first kappa shape index (κ1) is 16.1. The van der Waals surface area contributed by atoms with E-state index in [0.717, 1.165) is 20.5 Å². The highest BCUT2D eigenvalue weighted by molar-refractivity contribution is 9.10. The molecule has 0 unspecified atom stereocenters. The molecular weight excluding hydrogens is 390 g/mol. The molecule has 0 saturated heterocycles. The standard InChI is InChI=1S/C17H14BrN3S2/c1-2-9-19-17-21(15(12-23-17)16-8-5-10-22-16)20-11-13-6-3-4-7-14(13)18/h2-8,10-12H,1,9H2. The van der Waals surface area contributed by atoms with Gasteiger partial charge in [0.05, 0.1) is 23.3 Å². The van der Waals surface area contributed by atoms with Crippen molar-refractivity contribution >= 4 is 44.8 Å². The topological polar surface area (TPSA) is 29.6 Å². The molecule has 3 rings (SSSR count). The summed E-state index contributed by atoms with van der Waals surface area (Å²) in [7, 11) is 0. The Balaban J connectivity index is 2.07. The Bertz CT molecular complexity index is 889. The van der Waals surface area contributed by atoms with Gasteiger partial charge in [0.2, 0.25) is 4.80 Å². The fourth-order valence-corrected chi connectivity index (χ4v) is 3.98. The van der Waals surface area contributed by atoms with Gasteiger partial charge in [-0.2, -0.15) is 5.10 Å². The highest BCUT2D eigenvalue weighted by Crippen LogP contribution is 2.25. The quantitative estimate of drug-likeness (QED) is 0.423. The Kier molecular flexibility index (Phi) is 5.38. The van der Waals surface area contributed by atoms with Crippen molar-refractivity contribution in [3.63, 3.8) is 0 Å². The maximum absolute atomic E-state index is 4.66. The highest BCUT2D eigenvalue weighted by Gasteiger charge is 2.08. The normalized spacial score (nSPS) is 12.1. The molecule has 1 aromatic carbocycles. The lowest BCUT2D eigenvalue weighted by atomic mass is 10.2. The van der Waals surface area contributed by atoms with Gasteiger partial charge in [0.25, 0.3) is 0 Å². The molecule has 0 aliphatic heterocycles. The Hall–Kier alpha value is -1.76. The van der Waals surface area contributed by atoms with Crippen LogP contribution in [0.2, 0.25) is 0 Å². The number of aromatic nitrogens is 1. The van der Waals surface area contributed by atoms with Crippen LogP contribution in [0.3, 0.4) is 0 Å². The van der Waals surface area contributed by atoms with E-state index in [-0.39, 0.29) is 0 Å². The smallest absolute Gasteiger partial charge is 0.206 e. The molecule has 0 amide bonds. The molecule has 2 aromatic heterocycles. The van der Waals surface area contributed by atoms with Gasteiger partial charge < -0.3 is 0 Å². The van der Waals surface area contributed by atoms with E-state index >= 15 is 0 Å². The molecule has 6 heteroatoms. The summed E-state index contributed by atoms with van der Waals surface area (Å²) in [6.07, 6.45) is 3.63. The largest absolute Gasteiger partial charge is 0.253 e. The van der Waals surface area contributed by atoms with Gasteiger partial charge in [-0.05, 0) is 17.5 Å². The van der Waals surface area contributed by atoms with Crippen molar-refractivity contribution in [1.82, 2.24) is 4.68 Å². The fraction of sp³-hybridized carbons (Fsp3) is 0.0588. The number of nitrogens with zero attached hydrogens (tertiary/aromatic N) is 3. The van der Waals surface area contributed by atoms with Crippen molar-refractivity contribution in [2.45, 2.75) is 0 Å². The van der Waals surface area contributed by atoms with Gasteiger partial charge >= 0.3 is 0 Å². The van der Waals surface area contributed by atoms with Crippen molar-refractivity contribution < 1.29 is 0 Å². The number of halogens is 1. The lowest BCUT2D eigenvalue weighted by molar-refractivity contribution is 0.842. The second-order valence-electron chi connectivity index (χ2n) is 4.59. The van der Waals surface area contributed by atoms with Gasteiger partial charge in [-0.1, -0.05) is 46.3 Å². The number of hydrogen-bond acceptors (Lipinski definition) is 4. The zero-order valence-corrected chi connectivity index (χ0v) is 15.4. The number of thiophene rings is 1. The summed E-state index contributed by atoms with van der Waals surface area (Å²) in [5.74, 6) is 0. The third-order valence-electron chi connectivity index (χ3n) is 3.03. The summed E-state index contributed by atoms with van der Waals surface area (Å²) in [6, 6.07) is 12.1. The first-order chi connectivity index (χ1) is 11.3. The first-order valence-electron chi connectivity index (χ1n) is 6.94. The second-order valence-corrected chi connectivity index (χ2v) is 7.23. The molecule has 3 aromatic rings. The molecule has 0 atom stereocenters. The van der Waals surface area contributed by atoms with E-state index in [0.29, 0.717) is 6.54 Å². The third kappa shape index (κ3) is 3.77. The summed E-state index contributed by atoms with van der Waals surface area (Å²) >= 11 is 6.82. The lowest BCUT2D eigenvalue weighted by Gasteiger charge is -2.01. The van der Waals surface area contributed by atoms with Crippen LogP contribution in [0.4, 0.5) is 0 Å². The number of benzene rings is 1. The minimum absolute atomic E-state index is 0.578. The molecule has 0 radical (unpaired) electrons. The molecule has 0 bridgehead atoms. The van der Waals surface area contributed by atoms with E-state index < -0.39 is 0 Å². The molecule has 116 valence electrons. The van der Waals surface area contributed by atoms with Crippen molar-refractivity contribution in [3.05, 3.63) is 74.7 Å². The van der Waals surface area contributed by atoms with Gasteiger partial charge in [0.15, 0.2) is 0 Å². The molecule has 0 aliphatic carbocycles. The molecule has 0 saturated carbocycles. The molecule has 3 nitrogen and oxygen atoms in total. The summed E-state index contributed by atoms with van der Waals surface area (Å²) in [4.78, 5) is 6.56. The van der Waals surface area contributed by atoms with Crippen LogP contribution in [0.25, 0.3) is 10.6 Å². The SMILES string of the molecule is C=CCN=c1scc(-c2cccs2)n1N=Cc1ccccc1Br.